The number of morpholine rings is 1. The summed E-state index contributed by atoms with van der Waals surface area (Å²) in [6, 6.07) is 11.4. The van der Waals surface area contributed by atoms with Crippen molar-refractivity contribution in [1.29, 1.82) is 0 Å². The molecule has 0 aliphatic carbocycles. The molecule has 0 spiro atoms. The summed E-state index contributed by atoms with van der Waals surface area (Å²) in [5.41, 5.74) is 2.08. The second-order valence-corrected chi connectivity index (χ2v) is 11.4. The molecule has 2 aromatic rings. The van der Waals surface area contributed by atoms with Gasteiger partial charge in [0, 0.05) is 18.8 Å². The van der Waals surface area contributed by atoms with Crippen LogP contribution in [-0.2, 0) is 29.6 Å². The Morgan fingerprint density at radius 2 is 1.69 bits per heavy atom. The minimum atomic E-state index is -3.74. The third kappa shape index (κ3) is 5.47. The quantitative estimate of drug-likeness (QED) is 0.644. The summed E-state index contributed by atoms with van der Waals surface area (Å²) in [6.45, 7) is 4.23. The molecule has 0 saturated carbocycles. The van der Waals surface area contributed by atoms with E-state index < -0.39 is 32.5 Å². The van der Waals surface area contributed by atoms with Crippen LogP contribution in [0.25, 0.3) is 0 Å². The highest BCUT2D eigenvalue weighted by Crippen LogP contribution is 2.25. The summed E-state index contributed by atoms with van der Waals surface area (Å²) in [4.78, 5) is 12.8. The molecule has 1 amide bonds. The zero-order valence-corrected chi connectivity index (χ0v) is 19.9. The SMILES string of the molecule is Cc1ccc(S(=O)(=O)N2CCOCC2)cc1NC(=O)CN(c1ccccc1C)S(C)(=O)=O. The van der Waals surface area contributed by atoms with Crippen molar-refractivity contribution in [2.45, 2.75) is 18.7 Å². The molecule has 1 fully saturated rings. The first-order chi connectivity index (χ1) is 15.0. The second kappa shape index (κ2) is 9.57. The minimum absolute atomic E-state index is 0.0548. The average Bonchev–Trinajstić information content (AvgIpc) is 2.74. The molecule has 9 nitrogen and oxygen atoms in total. The van der Waals surface area contributed by atoms with Gasteiger partial charge in [0.05, 0.1) is 30.1 Å². The molecule has 3 rings (SSSR count). The van der Waals surface area contributed by atoms with Gasteiger partial charge in [0.25, 0.3) is 0 Å². The molecule has 1 aliphatic rings. The Hall–Kier alpha value is -2.47. The van der Waals surface area contributed by atoms with Crippen LogP contribution in [0.3, 0.4) is 0 Å². The zero-order chi connectivity index (χ0) is 23.5. The molecule has 0 radical (unpaired) electrons. The fourth-order valence-electron chi connectivity index (χ4n) is 3.38. The number of hydrogen-bond acceptors (Lipinski definition) is 6. The smallest absolute Gasteiger partial charge is 0.245 e. The lowest BCUT2D eigenvalue weighted by Gasteiger charge is -2.26. The lowest BCUT2D eigenvalue weighted by Crippen LogP contribution is -2.40. The van der Waals surface area contributed by atoms with Crippen molar-refractivity contribution < 1.29 is 26.4 Å². The molecule has 1 saturated heterocycles. The highest BCUT2D eigenvalue weighted by atomic mass is 32.2. The summed E-state index contributed by atoms with van der Waals surface area (Å²) in [5, 5.41) is 2.66. The van der Waals surface area contributed by atoms with Gasteiger partial charge in [0.15, 0.2) is 0 Å². The Kier molecular flexibility index (Phi) is 7.23. The van der Waals surface area contributed by atoms with Gasteiger partial charge < -0.3 is 10.1 Å². The molecule has 1 aliphatic heterocycles. The van der Waals surface area contributed by atoms with E-state index in [-0.39, 0.29) is 18.0 Å². The number of amides is 1. The topological polar surface area (TPSA) is 113 Å². The summed E-state index contributed by atoms with van der Waals surface area (Å²) in [5.74, 6) is -0.581. The molecule has 11 heteroatoms. The van der Waals surface area contributed by atoms with E-state index >= 15 is 0 Å². The van der Waals surface area contributed by atoms with Crippen molar-refractivity contribution in [1.82, 2.24) is 4.31 Å². The van der Waals surface area contributed by atoms with Gasteiger partial charge >= 0.3 is 0 Å². The Morgan fingerprint density at radius 3 is 2.31 bits per heavy atom. The number of anilines is 2. The van der Waals surface area contributed by atoms with Gasteiger partial charge in [-0.15, -0.1) is 0 Å². The molecule has 174 valence electrons. The van der Waals surface area contributed by atoms with Crippen LogP contribution in [0.1, 0.15) is 11.1 Å². The maximum atomic E-state index is 12.9. The summed E-state index contributed by atoms with van der Waals surface area (Å²) < 4.78 is 58.2. The van der Waals surface area contributed by atoms with Gasteiger partial charge in [-0.2, -0.15) is 4.31 Å². The van der Waals surface area contributed by atoms with E-state index in [1.807, 2.05) is 0 Å². The van der Waals surface area contributed by atoms with Crippen molar-refractivity contribution >= 4 is 37.3 Å². The predicted octanol–water partition coefficient (Wildman–Crippen LogP) is 1.73. The van der Waals surface area contributed by atoms with Gasteiger partial charge in [-0.3, -0.25) is 9.10 Å². The van der Waals surface area contributed by atoms with Crippen LogP contribution in [0, 0.1) is 13.8 Å². The Bertz CT molecular complexity index is 1210. The number of rotatable bonds is 7. The molecular formula is C21H27N3O6S2. The van der Waals surface area contributed by atoms with Gasteiger partial charge in [-0.1, -0.05) is 24.3 Å². The second-order valence-electron chi connectivity index (χ2n) is 7.60. The van der Waals surface area contributed by atoms with Gasteiger partial charge in [0.2, 0.25) is 26.0 Å². The number of sulfonamides is 2. The van der Waals surface area contributed by atoms with Crippen molar-refractivity contribution in [2.75, 3.05) is 48.7 Å². The van der Waals surface area contributed by atoms with Crippen molar-refractivity contribution in [3.63, 3.8) is 0 Å². The molecule has 0 bridgehead atoms. The first-order valence-electron chi connectivity index (χ1n) is 10.0. The van der Waals surface area contributed by atoms with Crippen LogP contribution in [0.5, 0.6) is 0 Å². The number of nitrogens with one attached hydrogen (secondary N) is 1. The largest absolute Gasteiger partial charge is 0.379 e. The Balaban J connectivity index is 1.84. The summed E-state index contributed by atoms with van der Waals surface area (Å²) >= 11 is 0. The van der Waals surface area contributed by atoms with Gasteiger partial charge in [-0.25, -0.2) is 16.8 Å². The number of hydrogen-bond donors (Lipinski definition) is 1. The molecule has 1 heterocycles. The zero-order valence-electron chi connectivity index (χ0n) is 18.2. The molecule has 1 N–H and O–H groups in total. The fraction of sp³-hybridized carbons (Fsp3) is 0.381. The summed E-state index contributed by atoms with van der Waals surface area (Å²) in [6.07, 6.45) is 1.04. The van der Waals surface area contributed by atoms with E-state index in [0.29, 0.717) is 35.7 Å². The van der Waals surface area contributed by atoms with Crippen molar-refractivity contribution in [3.05, 3.63) is 53.6 Å². The van der Waals surface area contributed by atoms with Crippen LogP contribution in [0.2, 0.25) is 0 Å². The Labute approximate surface area is 189 Å². The predicted molar refractivity (Wildman–Crippen MR) is 123 cm³/mol. The highest BCUT2D eigenvalue weighted by Gasteiger charge is 2.27. The first-order valence-corrected chi connectivity index (χ1v) is 13.3. The van der Waals surface area contributed by atoms with Gasteiger partial charge in [0.1, 0.15) is 6.54 Å². The molecule has 0 unspecified atom stereocenters. The number of benzene rings is 2. The molecule has 0 atom stereocenters. The van der Waals surface area contributed by atoms with Crippen LogP contribution in [0.15, 0.2) is 47.4 Å². The Morgan fingerprint density at radius 1 is 1.03 bits per heavy atom. The third-order valence-corrected chi connectivity index (χ3v) is 8.18. The van der Waals surface area contributed by atoms with Crippen LogP contribution >= 0.6 is 0 Å². The molecular weight excluding hydrogens is 454 g/mol. The van der Waals surface area contributed by atoms with E-state index in [2.05, 4.69) is 5.32 Å². The van der Waals surface area contributed by atoms with Crippen molar-refractivity contribution in [3.8, 4) is 0 Å². The lowest BCUT2D eigenvalue weighted by atomic mass is 10.2. The van der Waals surface area contributed by atoms with Crippen LogP contribution in [-0.4, -0.2) is 66.2 Å². The molecule has 32 heavy (non-hydrogen) atoms. The van der Waals surface area contributed by atoms with E-state index in [1.165, 1.54) is 16.4 Å². The summed E-state index contributed by atoms with van der Waals surface area (Å²) in [7, 11) is -7.46. The third-order valence-electron chi connectivity index (χ3n) is 5.16. The van der Waals surface area contributed by atoms with Crippen molar-refractivity contribution in [2.24, 2.45) is 0 Å². The minimum Gasteiger partial charge on any atom is -0.379 e. The first kappa shape index (κ1) is 24.2. The van der Waals surface area contributed by atoms with Gasteiger partial charge in [-0.05, 0) is 43.2 Å². The lowest BCUT2D eigenvalue weighted by molar-refractivity contribution is -0.114. The normalized spacial score (nSPS) is 15.3. The van der Waals surface area contributed by atoms with E-state index in [0.717, 1.165) is 10.6 Å². The van der Waals surface area contributed by atoms with Crippen LogP contribution in [0.4, 0.5) is 11.4 Å². The number of nitrogens with zero attached hydrogens (tertiary/aromatic N) is 2. The number of carbonyl (C=O) groups excluding carboxylic acids is 1. The van der Waals surface area contributed by atoms with E-state index in [1.54, 1.807) is 44.2 Å². The van der Waals surface area contributed by atoms with E-state index in [4.69, 9.17) is 4.74 Å². The standard InChI is InChI=1S/C21H27N3O6S2/c1-16-8-9-18(32(28,29)23-10-12-30-13-11-23)14-19(16)22-21(25)15-24(31(3,26)27)20-7-5-4-6-17(20)2/h4-9,14H,10-13,15H2,1-3H3,(H,22,25). The highest BCUT2D eigenvalue weighted by molar-refractivity contribution is 7.92. The number of ether oxygens (including phenoxy) is 1. The number of para-hydroxylation sites is 1. The maximum Gasteiger partial charge on any atom is 0.245 e. The number of carbonyl (C=O) groups is 1. The molecule has 0 aromatic heterocycles. The van der Waals surface area contributed by atoms with Crippen LogP contribution < -0.4 is 9.62 Å². The fourth-order valence-corrected chi connectivity index (χ4v) is 5.73. The maximum absolute atomic E-state index is 12.9. The average molecular weight is 482 g/mol. The molecule has 2 aromatic carbocycles. The monoisotopic (exact) mass is 481 g/mol. The van der Waals surface area contributed by atoms with E-state index in [9.17, 15) is 21.6 Å². The number of aryl methyl sites for hydroxylation is 2.